The van der Waals surface area contributed by atoms with Crippen molar-refractivity contribution in [1.82, 2.24) is 19.8 Å². The van der Waals surface area contributed by atoms with Crippen LogP contribution in [0.25, 0.3) is 10.8 Å². The molecule has 1 aliphatic heterocycles. The molecule has 0 aliphatic carbocycles. The topological polar surface area (TPSA) is 122 Å². The predicted molar refractivity (Wildman–Crippen MR) is 166 cm³/mol. The van der Waals surface area contributed by atoms with Gasteiger partial charge in [-0.15, -0.1) is 24.8 Å². The zero-order valence-electron chi connectivity index (χ0n) is 23.2. The van der Waals surface area contributed by atoms with Crippen molar-refractivity contribution < 1.29 is 14.4 Å². The van der Waals surface area contributed by atoms with E-state index in [1.807, 2.05) is 42.5 Å². The van der Waals surface area contributed by atoms with Crippen LogP contribution in [0.1, 0.15) is 31.9 Å². The third kappa shape index (κ3) is 8.02. The van der Waals surface area contributed by atoms with E-state index in [0.717, 1.165) is 26.9 Å². The van der Waals surface area contributed by atoms with Gasteiger partial charge in [-0.1, -0.05) is 0 Å². The van der Waals surface area contributed by atoms with Crippen molar-refractivity contribution >= 4 is 78.3 Å². The number of nitrogens with zero attached hydrogens (tertiary/aromatic N) is 3. The first-order valence-electron chi connectivity index (χ1n) is 12.9. The zero-order valence-corrected chi connectivity index (χ0v) is 28.1. The van der Waals surface area contributed by atoms with Crippen molar-refractivity contribution in [2.24, 2.45) is 11.7 Å². The fourth-order valence-electron chi connectivity index (χ4n) is 4.73. The van der Waals surface area contributed by atoms with Gasteiger partial charge < -0.3 is 0 Å². The Morgan fingerprint density at radius 1 is 1.10 bits per heavy atom. The normalized spacial score (nSPS) is 14.8. The van der Waals surface area contributed by atoms with Gasteiger partial charge in [-0.2, -0.15) is 0 Å². The number of hydrogen-bond donors (Lipinski definition) is 3. The van der Waals surface area contributed by atoms with Crippen molar-refractivity contribution in [1.29, 1.82) is 0 Å². The molecule has 1 aliphatic rings. The summed E-state index contributed by atoms with van der Waals surface area (Å²) in [4.78, 5) is 43.6. The Morgan fingerprint density at radius 2 is 1.80 bits per heavy atom. The summed E-state index contributed by atoms with van der Waals surface area (Å²) in [5.74, 6) is -0.191. The van der Waals surface area contributed by atoms with Gasteiger partial charge in [0.25, 0.3) is 0 Å². The summed E-state index contributed by atoms with van der Waals surface area (Å²) < 4.78 is 4.96. The average molecular weight is 691 g/mol. The Labute approximate surface area is 255 Å². The van der Waals surface area contributed by atoms with Crippen LogP contribution in [0, 0.1) is 5.92 Å². The molecular formula is C28H37Cl2InN6O3. The molecule has 0 radical (unpaired) electrons. The number of halogens is 2. The maximum atomic E-state index is 13.2. The van der Waals surface area contributed by atoms with E-state index in [0.29, 0.717) is 12.4 Å². The first-order valence-corrected chi connectivity index (χ1v) is 18.8. The maximum absolute atomic E-state index is 13.2. The fraction of sp³-hybridized carbons (Fsp3) is 0.357. The molecule has 0 saturated heterocycles. The molecule has 0 saturated carbocycles. The van der Waals surface area contributed by atoms with E-state index in [-0.39, 0.29) is 52.3 Å². The van der Waals surface area contributed by atoms with E-state index in [9.17, 15) is 14.4 Å². The number of nitrogens with one attached hydrogen (secondary N) is 2. The molecule has 3 amide bonds. The molecule has 4 rings (SSSR count). The Morgan fingerprint density at radius 3 is 2.48 bits per heavy atom. The molecule has 0 spiro atoms. The smallest absolute Gasteiger partial charge is 0.147 e. The summed E-state index contributed by atoms with van der Waals surface area (Å²) in [7, 11) is 3.47. The van der Waals surface area contributed by atoms with Gasteiger partial charge in [-0.3, -0.25) is 0 Å². The largest absolute Gasteiger partial charge is 0.147 e. The van der Waals surface area contributed by atoms with Crippen LogP contribution in [0.4, 0.5) is 10.6 Å². The molecule has 0 bridgehead atoms. The molecule has 12 heteroatoms. The number of aromatic nitrogens is 2. The zero-order chi connectivity index (χ0) is 27.4. The van der Waals surface area contributed by atoms with Gasteiger partial charge in [0.15, 0.2) is 0 Å². The second-order valence-electron chi connectivity index (χ2n) is 10.3. The van der Waals surface area contributed by atoms with Gasteiger partial charge in [-0.05, 0) is 0 Å². The molecular weight excluding hydrogens is 654 g/mol. The first-order chi connectivity index (χ1) is 18.1. The number of imidazole rings is 1. The number of hydrogen-bond acceptors (Lipinski definition) is 5. The summed E-state index contributed by atoms with van der Waals surface area (Å²) in [6.45, 7) is 4.38. The minimum Gasteiger partial charge on any atom is -0.147 e. The molecule has 40 heavy (non-hydrogen) atoms. The van der Waals surface area contributed by atoms with Gasteiger partial charge in [-0.25, -0.2) is 0 Å². The van der Waals surface area contributed by atoms with Crippen LogP contribution in [-0.4, -0.2) is 78.0 Å². The van der Waals surface area contributed by atoms with E-state index < -0.39 is 27.5 Å². The molecule has 1 aromatic heterocycles. The Kier molecular flexibility index (Phi) is 12.6. The number of nitrogens with two attached hydrogens (primary N) is 1. The predicted octanol–water partition coefficient (Wildman–Crippen LogP) is 4.13. The third-order valence-electron chi connectivity index (χ3n) is 7.18. The number of amides is 3. The van der Waals surface area contributed by atoms with Crippen molar-refractivity contribution in [3.63, 3.8) is 0 Å². The molecule has 0 fully saturated rings. The average Bonchev–Trinajstić information content (AvgIpc) is 3.57. The summed E-state index contributed by atoms with van der Waals surface area (Å²) >= 11 is -2.64. The number of rotatable bonds is 10. The fourth-order valence-corrected chi connectivity index (χ4v) is 11.9. The summed E-state index contributed by atoms with van der Waals surface area (Å²) in [5.41, 5.74) is 7.44. The second-order valence-corrected chi connectivity index (χ2v) is 17.8. The van der Waals surface area contributed by atoms with Gasteiger partial charge in [0.05, 0.1) is 0 Å². The van der Waals surface area contributed by atoms with E-state index in [4.69, 9.17) is 5.73 Å². The van der Waals surface area contributed by atoms with Crippen LogP contribution in [0.5, 0.6) is 0 Å². The number of carbonyl (C=O) groups is 3. The van der Waals surface area contributed by atoms with Gasteiger partial charge >= 0.3 is 232 Å². The van der Waals surface area contributed by atoms with Crippen LogP contribution in [0.15, 0.2) is 64.4 Å². The van der Waals surface area contributed by atoms with Crippen LogP contribution in [0.3, 0.4) is 0 Å². The van der Waals surface area contributed by atoms with Gasteiger partial charge in [0.2, 0.25) is 0 Å². The molecule has 2 aromatic carbocycles. The van der Waals surface area contributed by atoms with E-state index in [2.05, 4.69) is 26.4 Å². The van der Waals surface area contributed by atoms with Crippen molar-refractivity contribution in [3.8, 4) is 0 Å². The molecule has 1 unspecified atom stereocenters. The molecule has 9 nitrogen and oxygen atoms in total. The maximum Gasteiger partial charge on any atom is -0.147 e. The number of carbonyl (C=O) groups excluding carboxylic acids is 3. The number of primary amides is 1. The Hall–Kier alpha value is -2.53. The van der Waals surface area contributed by atoms with E-state index in [1.165, 1.54) is 5.57 Å². The minimum atomic E-state index is -2.64. The summed E-state index contributed by atoms with van der Waals surface area (Å²) in [6.07, 6.45) is 4.23. The van der Waals surface area contributed by atoms with Crippen LogP contribution >= 0.6 is 24.8 Å². The van der Waals surface area contributed by atoms with Crippen LogP contribution in [-0.2, 0) is 9.59 Å². The molecule has 4 N–H and O–H groups in total. The Bertz CT molecular complexity index is 1380. The van der Waals surface area contributed by atoms with Crippen molar-refractivity contribution in [3.05, 3.63) is 70.0 Å². The van der Waals surface area contributed by atoms with E-state index in [1.54, 1.807) is 43.0 Å². The van der Waals surface area contributed by atoms with Crippen LogP contribution < -0.4 is 16.4 Å². The summed E-state index contributed by atoms with van der Waals surface area (Å²) in [6, 6.07) is 13.6. The van der Waals surface area contributed by atoms with Crippen LogP contribution in [0.2, 0.25) is 4.18 Å². The SMILES string of the molecule is CC(CN[C@H](C)C1=[CH][In]([C](=O)Nc2cn([C@@H](C(=O)N(C)C)c3ccc4ccccc4c3)cn2)[CH2]C1)C(N)=O.Cl.Cl. The quantitative estimate of drug-likeness (QED) is 0.295. The second kappa shape index (κ2) is 14.9. The first kappa shape index (κ1) is 33.7. The number of fused-ring (bicyclic) bond motifs is 1. The van der Waals surface area contributed by atoms with Crippen molar-refractivity contribution in [2.45, 2.75) is 36.5 Å². The van der Waals surface area contributed by atoms with Crippen molar-refractivity contribution in [2.75, 3.05) is 26.0 Å². The van der Waals surface area contributed by atoms with E-state index >= 15 is 0 Å². The molecule has 3 aromatic rings. The number of likely N-dealkylation sites (N-methyl/N-ethyl adjacent to an activating group) is 1. The third-order valence-corrected chi connectivity index (χ3v) is 14.5. The van der Waals surface area contributed by atoms with Gasteiger partial charge in [0.1, 0.15) is 0 Å². The number of anilines is 1. The molecule has 3 atom stereocenters. The monoisotopic (exact) mass is 690 g/mol. The standard InChI is InChI=1S/C18H17N4O2.C10H18N2O.2ClH.In/c1-21(2)18(24)17(22-10-16(19-11-22)20-12-23)15-8-7-13-5-3-4-6-14(13)9-15;1-5-7(2)9(4)12-6-8(3)10(11)13;;;/h3-11,17H,1-2H3,(H,20,23);2,8-9,12H,1,5-6H2,3-4H3,(H2,11,13);2*1H;/t17-;8?,9-;;;/m11.../s1. The van der Waals surface area contributed by atoms with Gasteiger partial charge in [0, 0.05) is 0 Å². The Balaban J connectivity index is 0.00000280. The summed E-state index contributed by atoms with van der Waals surface area (Å²) in [5, 5.41) is 8.52. The molecule has 214 valence electrons. The molecule has 2 heterocycles. The minimum absolute atomic E-state index is 0. The number of benzene rings is 2.